The van der Waals surface area contributed by atoms with Gasteiger partial charge in [0.1, 0.15) is 23.2 Å². The maximum absolute atomic E-state index is 12.6. The summed E-state index contributed by atoms with van der Waals surface area (Å²) in [5, 5.41) is 5.78. The summed E-state index contributed by atoms with van der Waals surface area (Å²) in [6.45, 7) is 6.94. The van der Waals surface area contributed by atoms with Gasteiger partial charge in [-0.25, -0.2) is 9.78 Å². The summed E-state index contributed by atoms with van der Waals surface area (Å²) in [5.41, 5.74) is 1.48. The van der Waals surface area contributed by atoms with E-state index in [0.717, 1.165) is 11.3 Å². The van der Waals surface area contributed by atoms with Crippen LogP contribution in [0.3, 0.4) is 0 Å². The predicted molar refractivity (Wildman–Crippen MR) is 118 cm³/mol. The zero-order chi connectivity index (χ0) is 22.3. The highest BCUT2D eigenvalue weighted by atomic mass is 16.6. The number of benzene rings is 1. The van der Waals surface area contributed by atoms with Crippen LogP contribution in [0.1, 0.15) is 39.0 Å². The molecule has 1 heterocycles. The summed E-state index contributed by atoms with van der Waals surface area (Å²) in [4.78, 5) is 30.5. The van der Waals surface area contributed by atoms with E-state index in [4.69, 9.17) is 4.74 Å². The van der Waals surface area contributed by atoms with Crippen LogP contribution in [0.5, 0.6) is 0 Å². The molecule has 7 heteroatoms. The van der Waals surface area contributed by atoms with Gasteiger partial charge < -0.3 is 15.4 Å². The van der Waals surface area contributed by atoms with Gasteiger partial charge in [-0.05, 0) is 57.9 Å². The Bertz CT molecular complexity index is 956. The number of nitrogens with one attached hydrogen (secondary N) is 2. The first-order chi connectivity index (χ1) is 14.1. The van der Waals surface area contributed by atoms with Crippen molar-refractivity contribution in [1.29, 1.82) is 0 Å². The van der Waals surface area contributed by atoms with Crippen LogP contribution in [0.4, 0.5) is 16.3 Å². The Labute approximate surface area is 177 Å². The van der Waals surface area contributed by atoms with Gasteiger partial charge in [-0.1, -0.05) is 24.1 Å². The molecular formula is C23H28N4O3. The second-order valence-corrected chi connectivity index (χ2v) is 7.72. The third kappa shape index (κ3) is 6.52. The van der Waals surface area contributed by atoms with Gasteiger partial charge in [-0.2, -0.15) is 0 Å². The minimum absolute atomic E-state index is 0.348. The van der Waals surface area contributed by atoms with Crippen molar-refractivity contribution in [1.82, 2.24) is 9.88 Å². The number of pyridine rings is 1. The van der Waals surface area contributed by atoms with Crippen LogP contribution in [0.25, 0.3) is 0 Å². The van der Waals surface area contributed by atoms with E-state index in [1.165, 1.54) is 11.9 Å². The number of anilines is 2. The molecule has 30 heavy (non-hydrogen) atoms. The molecule has 0 aliphatic rings. The second kappa shape index (κ2) is 9.79. The van der Waals surface area contributed by atoms with Crippen LogP contribution in [0, 0.1) is 11.8 Å². The molecule has 7 nitrogen and oxygen atoms in total. The maximum Gasteiger partial charge on any atom is 0.410 e. The molecule has 2 N–H and O–H groups in total. The topological polar surface area (TPSA) is 83.6 Å². The Morgan fingerprint density at radius 1 is 1.10 bits per heavy atom. The molecule has 0 radical (unpaired) electrons. The third-order valence-corrected chi connectivity index (χ3v) is 4.16. The van der Waals surface area contributed by atoms with Crippen molar-refractivity contribution in [3.63, 3.8) is 0 Å². The Hall–Kier alpha value is -3.53. The van der Waals surface area contributed by atoms with E-state index in [-0.39, 0.29) is 5.91 Å². The number of ether oxygens (including phenoxy) is 1. The fraction of sp³-hybridized carbons (Fsp3) is 0.348. The number of aromatic nitrogens is 1. The molecule has 1 atom stereocenters. The Morgan fingerprint density at radius 3 is 2.37 bits per heavy atom. The highest BCUT2D eigenvalue weighted by Crippen LogP contribution is 2.17. The average Bonchev–Trinajstić information content (AvgIpc) is 2.70. The highest BCUT2D eigenvalue weighted by molar-refractivity contribution is 5.95. The molecular weight excluding hydrogens is 380 g/mol. The molecule has 0 aliphatic carbocycles. The average molecular weight is 409 g/mol. The number of hydrogen-bond acceptors (Lipinski definition) is 5. The van der Waals surface area contributed by atoms with Crippen molar-refractivity contribution in [2.75, 3.05) is 24.7 Å². The maximum atomic E-state index is 12.6. The van der Waals surface area contributed by atoms with E-state index >= 15 is 0 Å². The van der Waals surface area contributed by atoms with Crippen LogP contribution in [-0.2, 0) is 9.53 Å². The van der Waals surface area contributed by atoms with Gasteiger partial charge in [0.05, 0.1) is 5.69 Å². The standard InChI is InChI=1S/C23H28N4O3/c1-16(27(6)22(29)30-23(2,3)4)21(28)26-20-15-14-18(24-5)19(25-20)13-12-17-10-8-7-9-11-17/h7-11,14-16,24H,1-6H3,(H,25,26,28). The summed E-state index contributed by atoms with van der Waals surface area (Å²) in [7, 11) is 3.30. The summed E-state index contributed by atoms with van der Waals surface area (Å²) >= 11 is 0. The SMILES string of the molecule is CNc1ccc(NC(=O)C(C)N(C)C(=O)OC(C)(C)C)nc1C#Cc1ccccc1. The van der Waals surface area contributed by atoms with E-state index in [9.17, 15) is 9.59 Å². The Balaban J connectivity index is 2.15. The molecule has 0 bridgehead atoms. The molecule has 2 rings (SSSR count). The van der Waals surface area contributed by atoms with Crippen LogP contribution < -0.4 is 10.6 Å². The van der Waals surface area contributed by atoms with E-state index in [2.05, 4.69) is 27.5 Å². The Morgan fingerprint density at radius 2 is 1.77 bits per heavy atom. The van der Waals surface area contributed by atoms with Crippen molar-refractivity contribution in [3.05, 3.63) is 53.7 Å². The second-order valence-electron chi connectivity index (χ2n) is 7.72. The molecule has 158 valence electrons. The van der Waals surface area contributed by atoms with Gasteiger partial charge in [-0.3, -0.25) is 9.69 Å². The number of hydrogen-bond donors (Lipinski definition) is 2. The van der Waals surface area contributed by atoms with Gasteiger partial charge >= 0.3 is 6.09 Å². The lowest BCUT2D eigenvalue weighted by molar-refractivity contribution is -0.120. The molecule has 0 spiro atoms. The van der Waals surface area contributed by atoms with Gasteiger partial charge in [0.2, 0.25) is 5.91 Å². The summed E-state index contributed by atoms with van der Waals surface area (Å²) in [6, 6.07) is 12.3. The van der Waals surface area contributed by atoms with Crippen molar-refractivity contribution < 1.29 is 14.3 Å². The molecule has 1 aromatic heterocycles. The first-order valence-corrected chi connectivity index (χ1v) is 9.63. The van der Waals surface area contributed by atoms with E-state index in [1.807, 2.05) is 30.3 Å². The number of carbonyl (C=O) groups is 2. The van der Waals surface area contributed by atoms with Crippen molar-refractivity contribution in [3.8, 4) is 11.8 Å². The molecule has 1 unspecified atom stereocenters. The van der Waals surface area contributed by atoms with Crippen LogP contribution in [0.15, 0.2) is 42.5 Å². The van der Waals surface area contributed by atoms with Crippen molar-refractivity contribution in [2.45, 2.75) is 39.3 Å². The normalized spacial score (nSPS) is 11.5. The zero-order valence-corrected chi connectivity index (χ0v) is 18.2. The van der Waals surface area contributed by atoms with Crippen LogP contribution in [0.2, 0.25) is 0 Å². The minimum Gasteiger partial charge on any atom is -0.444 e. The number of amides is 2. The fourth-order valence-electron chi connectivity index (χ4n) is 2.38. The van der Waals surface area contributed by atoms with Crippen molar-refractivity contribution >= 4 is 23.5 Å². The molecule has 0 saturated heterocycles. The summed E-state index contributed by atoms with van der Waals surface area (Å²) in [5.74, 6) is 6.06. The zero-order valence-electron chi connectivity index (χ0n) is 18.2. The molecule has 1 aromatic carbocycles. The van der Waals surface area contributed by atoms with E-state index < -0.39 is 17.7 Å². The van der Waals surface area contributed by atoms with E-state index in [1.54, 1.807) is 46.9 Å². The van der Waals surface area contributed by atoms with Crippen LogP contribution in [-0.4, -0.2) is 47.6 Å². The monoisotopic (exact) mass is 408 g/mol. The highest BCUT2D eigenvalue weighted by Gasteiger charge is 2.27. The van der Waals surface area contributed by atoms with Gasteiger partial charge in [0, 0.05) is 19.7 Å². The number of carbonyl (C=O) groups excluding carboxylic acids is 2. The number of rotatable bonds is 4. The van der Waals surface area contributed by atoms with E-state index in [0.29, 0.717) is 11.5 Å². The lowest BCUT2D eigenvalue weighted by Gasteiger charge is -2.28. The summed E-state index contributed by atoms with van der Waals surface area (Å²) < 4.78 is 5.31. The third-order valence-electron chi connectivity index (χ3n) is 4.16. The fourth-order valence-corrected chi connectivity index (χ4v) is 2.38. The molecule has 2 amide bonds. The molecule has 0 fully saturated rings. The molecule has 2 aromatic rings. The lowest BCUT2D eigenvalue weighted by atomic mass is 10.2. The van der Waals surface area contributed by atoms with Gasteiger partial charge in [-0.15, -0.1) is 0 Å². The van der Waals surface area contributed by atoms with Gasteiger partial charge in [0.25, 0.3) is 0 Å². The Kier molecular flexibility index (Phi) is 7.43. The number of nitrogens with zero attached hydrogens (tertiary/aromatic N) is 2. The largest absolute Gasteiger partial charge is 0.444 e. The first kappa shape index (κ1) is 22.8. The lowest BCUT2D eigenvalue weighted by Crippen LogP contribution is -2.45. The minimum atomic E-state index is -0.746. The number of likely N-dealkylation sites (N-methyl/N-ethyl adjacent to an activating group) is 1. The predicted octanol–water partition coefficient (Wildman–Crippen LogP) is 3.72. The quantitative estimate of drug-likeness (QED) is 0.754. The van der Waals surface area contributed by atoms with Crippen LogP contribution >= 0.6 is 0 Å². The summed E-state index contributed by atoms with van der Waals surface area (Å²) in [6.07, 6.45) is -0.571. The molecule has 0 saturated carbocycles. The van der Waals surface area contributed by atoms with Crippen molar-refractivity contribution in [2.24, 2.45) is 0 Å². The molecule has 0 aliphatic heterocycles. The van der Waals surface area contributed by atoms with Gasteiger partial charge in [0.15, 0.2) is 0 Å². The smallest absolute Gasteiger partial charge is 0.410 e. The first-order valence-electron chi connectivity index (χ1n) is 9.63.